The number of piperidine rings is 1. The molecule has 2 heterocycles. The Hall–Kier alpha value is -3.67. The molecule has 12 nitrogen and oxygen atoms in total. The second-order valence-electron chi connectivity index (χ2n) is 12.3. The fraction of sp³-hybridized carbons (Fsp3) is 0.645. The minimum Gasteiger partial charge on any atom is -0.497 e. The van der Waals surface area contributed by atoms with E-state index in [4.69, 9.17) is 18.9 Å². The number of ether oxygens (including phenoxy) is 4. The summed E-state index contributed by atoms with van der Waals surface area (Å²) < 4.78 is 23.0. The molecule has 1 aliphatic rings. The van der Waals surface area contributed by atoms with Gasteiger partial charge in [0.15, 0.2) is 5.69 Å². The molecule has 2 aromatic rings. The molecule has 1 aromatic carbocycles. The van der Waals surface area contributed by atoms with Crippen molar-refractivity contribution >= 4 is 18.0 Å². The number of amides is 2. The van der Waals surface area contributed by atoms with Crippen LogP contribution in [0, 0.1) is 11.8 Å². The van der Waals surface area contributed by atoms with Gasteiger partial charge < -0.3 is 28.7 Å². The molecule has 0 saturated carbocycles. The second kappa shape index (κ2) is 15.2. The maximum atomic E-state index is 14.4. The van der Waals surface area contributed by atoms with Crippen LogP contribution in [0.3, 0.4) is 0 Å². The molecule has 0 unspecified atom stereocenters. The van der Waals surface area contributed by atoms with Crippen molar-refractivity contribution in [2.75, 3.05) is 47.6 Å². The molecule has 43 heavy (non-hydrogen) atoms. The molecule has 3 rings (SSSR count). The van der Waals surface area contributed by atoms with E-state index in [1.54, 1.807) is 44.6 Å². The van der Waals surface area contributed by atoms with E-state index in [2.05, 4.69) is 10.3 Å². The average molecular weight is 602 g/mol. The number of hydrogen-bond acceptors (Lipinski definition) is 9. The molecule has 0 aliphatic carbocycles. The Morgan fingerprint density at radius 2 is 1.84 bits per heavy atom. The molecule has 0 bridgehead atoms. The van der Waals surface area contributed by atoms with Crippen molar-refractivity contribution in [2.45, 2.75) is 71.9 Å². The molecular formula is C31H47N5O7. The Kier molecular flexibility index (Phi) is 11.9. The number of hydrogen-bond donors (Lipinski definition) is 0. The summed E-state index contributed by atoms with van der Waals surface area (Å²) in [5.41, 5.74) is 0.925. The van der Waals surface area contributed by atoms with Gasteiger partial charge in [-0.05, 0) is 64.5 Å². The summed E-state index contributed by atoms with van der Waals surface area (Å²) in [5, 5.41) is 8.80. The van der Waals surface area contributed by atoms with Gasteiger partial charge in [0.05, 0.1) is 37.6 Å². The molecule has 1 saturated heterocycles. The monoisotopic (exact) mass is 601 g/mol. The van der Waals surface area contributed by atoms with E-state index in [1.165, 1.54) is 12.0 Å². The maximum absolute atomic E-state index is 14.4. The van der Waals surface area contributed by atoms with Gasteiger partial charge in [-0.15, -0.1) is 5.10 Å². The lowest BCUT2D eigenvalue weighted by Gasteiger charge is -2.42. The summed E-state index contributed by atoms with van der Waals surface area (Å²) in [7, 11) is 4.58. The molecule has 0 radical (unpaired) electrons. The summed E-state index contributed by atoms with van der Waals surface area (Å²) in [6.45, 7) is 10.8. The molecular weight excluding hydrogens is 554 g/mol. The first-order valence-corrected chi connectivity index (χ1v) is 14.8. The van der Waals surface area contributed by atoms with E-state index in [-0.39, 0.29) is 30.6 Å². The summed E-state index contributed by atoms with van der Waals surface area (Å²) >= 11 is 0. The quantitative estimate of drug-likeness (QED) is 0.261. The first kappa shape index (κ1) is 33.8. The van der Waals surface area contributed by atoms with E-state index >= 15 is 0 Å². The standard InChI is InChI=1S/C31H47N5O7/c1-21(2)18-35(24-16-22(29(38)42-8)19-34(20-24)30(39)43-31(3,4)5)28(37)27-26(14-9-10-15-40-6)36(33-32-27)23-12-11-13-25(17-23)41-7/h11-13,17,21-22,24H,9-10,14-16,18-20H2,1-8H3/t22-,24+/m1/s1. The summed E-state index contributed by atoms with van der Waals surface area (Å²) in [5.74, 6) is -0.580. The molecule has 1 aliphatic heterocycles. The molecule has 12 heteroatoms. The largest absolute Gasteiger partial charge is 0.497 e. The minimum absolute atomic E-state index is 0.107. The molecule has 2 amide bonds. The molecule has 238 valence electrons. The Balaban J connectivity index is 2.02. The first-order chi connectivity index (χ1) is 20.4. The number of methoxy groups -OCH3 is 3. The molecule has 0 N–H and O–H groups in total. The highest BCUT2D eigenvalue weighted by molar-refractivity contribution is 5.94. The zero-order valence-electron chi connectivity index (χ0n) is 26.8. The molecule has 1 fully saturated rings. The third kappa shape index (κ3) is 9.16. The van der Waals surface area contributed by atoms with Gasteiger partial charge in [0, 0.05) is 39.4 Å². The smallest absolute Gasteiger partial charge is 0.410 e. The van der Waals surface area contributed by atoms with Gasteiger partial charge in [0.2, 0.25) is 0 Å². The van der Waals surface area contributed by atoms with E-state index in [1.807, 2.05) is 38.1 Å². The summed E-state index contributed by atoms with van der Waals surface area (Å²) in [6.07, 6.45) is 1.92. The van der Waals surface area contributed by atoms with Crippen LogP contribution in [0.4, 0.5) is 4.79 Å². The van der Waals surface area contributed by atoms with Gasteiger partial charge in [0.25, 0.3) is 5.91 Å². The van der Waals surface area contributed by atoms with Gasteiger partial charge >= 0.3 is 12.1 Å². The van der Waals surface area contributed by atoms with Crippen molar-refractivity contribution in [1.29, 1.82) is 0 Å². The lowest BCUT2D eigenvalue weighted by atomic mass is 9.92. The fourth-order valence-corrected chi connectivity index (χ4v) is 5.22. The van der Waals surface area contributed by atoms with Gasteiger partial charge in [-0.25, -0.2) is 9.48 Å². The SMILES string of the molecule is COCCCCc1c(C(=O)N(CC(C)C)[C@H]2C[C@@H](C(=O)OC)CN(C(=O)OC(C)(C)C)C2)nnn1-c1cccc(OC)c1. The van der Waals surface area contributed by atoms with Crippen LogP contribution in [-0.4, -0.2) is 102 Å². The highest BCUT2D eigenvalue weighted by Crippen LogP contribution is 2.28. The summed E-state index contributed by atoms with van der Waals surface area (Å²) in [4.78, 5) is 43.5. The molecule has 0 spiro atoms. The van der Waals surface area contributed by atoms with Crippen LogP contribution in [0.1, 0.15) is 70.1 Å². The predicted molar refractivity (Wildman–Crippen MR) is 160 cm³/mol. The third-order valence-electron chi connectivity index (χ3n) is 7.15. The topological polar surface area (TPSA) is 125 Å². The normalized spacial score (nSPS) is 17.1. The van der Waals surface area contributed by atoms with Gasteiger partial charge in [-0.2, -0.15) is 0 Å². The number of esters is 1. The first-order valence-electron chi connectivity index (χ1n) is 14.8. The van der Waals surface area contributed by atoms with Crippen LogP contribution in [0.2, 0.25) is 0 Å². The second-order valence-corrected chi connectivity index (χ2v) is 12.3. The van der Waals surface area contributed by atoms with Crippen molar-refractivity contribution in [3.63, 3.8) is 0 Å². The van der Waals surface area contributed by atoms with Crippen LogP contribution in [-0.2, 0) is 25.4 Å². The van der Waals surface area contributed by atoms with Crippen LogP contribution in [0.25, 0.3) is 5.69 Å². The number of aromatic nitrogens is 3. The van der Waals surface area contributed by atoms with Gasteiger partial charge in [0.1, 0.15) is 11.4 Å². The zero-order chi connectivity index (χ0) is 31.7. The Bertz CT molecular complexity index is 1240. The average Bonchev–Trinajstić information content (AvgIpc) is 3.40. The lowest BCUT2D eigenvalue weighted by Crippen LogP contribution is -2.57. The minimum atomic E-state index is -0.714. The van der Waals surface area contributed by atoms with Crippen molar-refractivity contribution in [3.05, 3.63) is 35.7 Å². The number of rotatable bonds is 12. The van der Waals surface area contributed by atoms with Crippen molar-refractivity contribution < 1.29 is 33.3 Å². The Morgan fingerprint density at radius 1 is 1.09 bits per heavy atom. The van der Waals surface area contributed by atoms with E-state index in [9.17, 15) is 14.4 Å². The zero-order valence-corrected chi connectivity index (χ0v) is 26.8. The highest BCUT2D eigenvalue weighted by atomic mass is 16.6. The third-order valence-corrected chi connectivity index (χ3v) is 7.15. The Labute approximate surface area is 254 Å². The Morgan fingerprint density at radius 3 is 2.47 bits per heavy atom. The van der Waals surface area contributed by atoms with Crippen LogP contribution in [0.15, 0.2) is 24.3 Å². The highest BCUT2D eigenvalue weighted by Gasteiger charge is 2.41. The number of nitrogens with zero attached hydrogens (tertiary/aromatic N) is 5. The van der Waals surface area contributed by atoms with Crippen LogP contribution in [0.5, 0.6) is 5.75 Å². The van der Waals surface area contributed by atoms with Crippen LogP contribution < -0.4 is 4.74 Å². The number of carbonyl (C=O) groups excluding carboxylic acids is 3. The molecule has 2 atom stereocenters. The van der Waals surface area contributed by atoms with Gasteiger partial charge in [-0.3, -0.25) is 9.59 Å². The number of unbranched alkanes of at least 4 members (excludes halogenated alkanes) is 1. The van der Waals surface area contributed by atoms with Crippen LogP contribution >= 0.6 is 0 Å². The maximum Gasteiger partial charge on any atom is 0.410 e. The van der Waals surface area contributed by atoms with E-state index in [0.29, 0.717) is 37.4 Å². The predicted octanol–water partition coefficient (Wildman–Crippen LogP) is 4.14. The van der Waals surface area contributed by atoms with Crippen molar-refractivity contribution in [2.24, 2.45) is 11.8 Å². The van der Waals surface area contributed by atoms with E-state index in [0.717, 1.165) is 18.5 Å². The summed E-state index contributed by atoms with van der Waals surface area (Å²) in [6, 6.07) is 6.96. The lowest BCUT2D eigenvalue weighted by molar-refractivity contribution is -0.148. The molecule has 1 aromatic heterocycles. The fourth-order valence-electron chi connectivity index (χ4n) is 5.22. The number of carbonyl (C=O) groups is 3. The van der Waals surface area contributed by atoms with E-state index < -0.39 is 29.6 Å². The number of likely N-dealkylation sites (tertiary alicyclic amines) is 1. The van der Waals surface area contributed by atoms with Gasteiger partial charge in [-0.1, -0.05) is 25.1 Å². The van der Waals surface area contributed by atoms with Crippen molar-refractivity contribution in [1.82, 2.24) is 24.8 Å². The van der Waals surface area contributed by atoms with Crippen molar-refractivity contribution in [3.8, 4) is 11.4 Å². The number of benzene rings is 1.